The van der Waals surface area contributed by atoms with Crippen LogP contribution < -0.4 is 11.1 Å². The number of furan rings is 1. The molecule has 1 amide bonds. The van der Waals surface area contributed by atoms with Gasteiger partial charge in [-0.25, -0.2) is 0 Å². The van der Waals surface area contributed by atoms with Gasteiger partial charge in [-0.2, -0.15) is 0 Å². The summed E-state index contributed by atoms with van der Waals surface area (Å²) in [7, 11) is 0. The van der Waals surface area contributed by atoms with Crippen LogP contribution in [0.25, 0.3) is 0 Å². The number of nitrogens with one attached hydrogen (secondary N) is 1. The van der Waals surface area contributed by atoms with Crippen LogP contribution in [0.5, 0.6) is 0 Å². The fourth-order valence-corrected chi connectivity index (χ4v) is 1.09. The molecule has 84 valence electrons. The Bertz CT molecular complexity index is 317. The largest absolute Gasteiger partial charge is 0.467 e. The van der Waals surface area contributed by atoms with Crippen molar-refractivity contribution in [2.75, 3.05) is 6.54 Å². The van der Waals surface area contributed by atoms with Crippen LogP contribution in [0.15, 0.2) is 22.8 Å². The molecule has 1 aromatic heterocycles. The standard InChI is InChI=1S/C11H18N2O2/c1-8(9-5-4-6-15-9)13-10(14)11(2,3)7-12/h4-6,8H,7,12H2,1-3H3,(H,13,14). The molecule has 1 aromatic rings. The van der Waals surface area contributed by atoms with E-state index in [1.54, 1.807) is 12.3 Å². The van der Waals surface area contributed by atoms with Crippen LogP contribution in [0.3, 0.4) is 0 Å². The van der Waals surface area contributed by atoms with E-state index in [1.165, 1.54) is 0 Å². The van der Waals surface area contributed by atoms with E-state index < -0.39 is 5.41 Å². The van der Waals surface area contributed by atoms with Gasteiger partial charge in [-0.3, -0.25) is 4.79 Å². The number of carbonyl (C=O) groups is 1. The Kier molecular flexibility index (Phi) is 3.52. The molecular weight excluding hydrogens is 192 g/mol. The van der Waals surface area contributed by atoms with Crippen LogP contribution in [-0.2, 0) is 4.79 Å². The lowest BCUT2D eigenvalue weighted by molar-refractivity contribution is -0.129. The third kappa shape index (κ3) is 2.83. The van der Waals surface area contributed by atoms with Crippen molar-refractivity contribution in [1.29, 1.82) is 0 Å². The Morgan fingerprint density at radius 3 is 2.80 bits per heavy atom. The second-order valence-electron chi connectivity index (χ2n) is 4.30. The van der Waals surface area contributed by atoms with Gasteiger partial charge in [0.1, 0.15) is 5.76 Å². The van der Waals surface area contributed by atoms with Crippen molar-refractivity contribution in [3.05, 3.63) is 24.2 Å². The average Bonchev–Trinajstić information content (AvgIpc) is 2.70. The zero-order chi connectivity index (χ0) is 11.5. The molecule has 0 aromatic carbocycles. The highest BCUT2D eigenvalue weighted by Crippen LogP contribution is 2.17. The Morgan fingerprint density at radius 1 is 1.67 bits per heavy atom. The monoisotopic (exact) mass is 210 g/mol. The molecule has 0 saturated heterocycles. The minimum absolute atomic E-state index is 0.0612. The molecule has 0 bridgehead atoms. The van der Waals surface area contributed by atoms with Crippen molar-refractivity contribution >= 4 is 5.91 Å². The molecule has 0 aliphatic heterocycles. The van der Waals surface area contributed by atoms with Crippen molar-refractivity contribution < 1.29 is 9.21 Å². The van der Waals surface area contributed by atoms with Crippen LogP contribution in [0.4, 0.5) is 0 Å². The molecule has 1 atom stereocenters. The van der Waals surface area contributed by atoms with Gasteiger partial charge in [0, 0.05) is 6.54 Å². The third-order valence-electron chi connectivity index (χ3n) is 2.44. The van der Waals surface area contributed by atoms with Gasteiger partial charge >= 0.3 is 0 Å². The predicted molar refractivity (Wildman–Crippen MR) is 58.1 cm³/mol. The Labute approximate surface area is 89.8 Å². The van der Waals surface area contributed by atoms with Gasteiger partial charge in [-0.15, -0.1) is 0 Å². The van der Waals surface area contributed by atoms with Gasteiger partial charge in [-0.05, 0) is 32.9 Å². The Morgan fingerprint density at radius 2 is 2.33 bits per heavy atom. The lowest BCUT2D eigenvalue weighted by Gasteiger charge is -2.23. The highest BCUT2D eigenvalue weighted by Gasteiger charge is 2.27. The summed E-state index contributed by atoms with van der Waals surface area (Å²) in [5, 5.41) is 2.86. The number of amides is 1. The van der Waals surface area contributed by atoms with Gasteiger partial charge < -0.3 is 15.5 Å². The van der Waals surface area contributed by atoms with Crippen molar-refractivity contribution in [3.8, 4) is 0 Å². The highest BCUT2D eigenvalue weighted by atomic mass is 16.3. The fraction of sp³-hybridized carbons (Fsp3) is 0.545. The first kappa shape index (κ1) is 11.8. The molecule has 15 heavy (non-hydrogen) atoms. The Hall–Kier alpha value is -1.29. The van der Waals surface area contributed by atoms with E-state index in [2.05, 4.69) is 5.32 Å². The van der Waals surface area contributed by atoms with Crippen molar-refractivity contribution in [1.82, 2.24) is 5.32 Å². The van der Waals surface area contributed by atoms with E-state index in [0.29, 0.717) is 6.54 Å². The zero-order valence-electron chi connectivity index (χ0n) is 9.41. The number of hydrogen-bond donors (Lipinski definition) is 2. The highest BCUT2D eigenvalue weighted by molar-refractivity contribution is 5.82. The molecule has 0 aliphatic carbocycles. The molecule has 1 unspecified atom stereocenters. The second kappa shape index (κ2) is 4.49. The summed E-state index contributed by atoms with van der Waals surface area (Å²) in [5.41, 5.74) is 4.98. The fourth-order valence-electron chi connectivity index (χ4n) is 1.09. The van der Waals surface area contributed by atoms with Gasteiger partial charge in [0.05, 0.1) is 17.7 Å². The normalized spacial score (nSPS) is 13.6. The molecule has 4 nitrogen and oxygen atoms in total. The molecule has 3 N–H and O–H groups in total. The summed E-state index contributed by atoms with van der Waals surface area (Å²) in [6, 6.07) is 3.50. The molecule has 1 rings (SSSR count). The number of nitrogens with two attached hydrogens (primary N) is 1. The molecule has 0 fully saturated rings. The van der Waals surface area contributed by atoms with Crippen LogP contribution in [0, 0.1) is 5.41 Å². The maximum absolute atomic E-state index is 11.8. The Balaban J connectivity index is 2.60. The number of rotatable bonds is 4. The van der Waals surface area contributed by atoms with E-state index in [-0.39, 0.29) is 11.9 Å². The van der Waals surface area contributed by atoms with Gasteiger partial charge in [0.15, 0.2) is 0 Å². The summed E-state index contributed by atoms with van der Waals surface area (Å²) in [5.74, 6) is 0.685. The molecule has 0 radical (unpaired) electrons. The average molecular weight is 210 g/mol. The van der Waals surface area contributed by atoms with E-state index in [0.717, 1.165) is 5.76 Å². The number of carbonyl (C=O) groups excluding carboxylic acids is 1. The third-order valence-corrected chi connectivity index (χ3v) is 2.44. The van der Waals surface area contributed by atoms with E-state index >= 15 is 0 Å². The van der Waals surface area contributed by atoms with Crippen LogP contribution in [0.1, 0.15) is 32.6 Å². The summed E-state index contributed by atoms with van der Waals surface area (Å²) in [6.45, 7) is 5.83. The van der Waals surface area contributed by atoms with Crippen LogP contribution in [-0.4, -0.2) is 12.5 Å². The minimum atomic E-state index is -0.541. The second-order valence-corrected chi connectivity index (χ2v) is 4.30. The van der Waals surface area contributed by atoms with E-state index in [9.17, 15) is 4.79 Å². The first-order chi connectivity index (χ1) is 6.97. The lowest BCUT2D eigenvalue weighted by atomic mass is 9.92. The topological polar surface area (TPSA) is 68.3 Å². The SMILES string of the molecule is CC(NC(=O)C(C)(C)CN)c1ccco1. The molecule has 0 aliphatic rings. The van der Waals surface area contributed by atoms with Crippen molar-refractivity contribution in [2.24, 2.45) is 11.1 Å². The summed E-state index contributed by atoms with van der Waals surface area (Å²) >= 11 is 0. The van der Waals surface area contributed by atoms with Gasteiger partial charge in [0.2, 0.25) is 5.91 Å². The van der Waals surface area contributed by atoms with Crippen molar-refractivity contribution in [2.45, 2.75) is 26.8 Å². The van der Waals surface area contributed by atoms with Crippen LogP contribution in [0.2, 0.25) is 0 Å². The zero-order valence-corrected chi connectivity index (χ0v) is 9.41. The predicted octanol–water partition coefficient (Wildman–Crippen LogP) is 1.44. The number of hydrogen-bond acceptors (Lipinski definition) is 3. The lowest BCUT2D eigenvalue weighted by Crippen LogP contribution is -2.42. The maximum atomic E-state index is 11.8. The molecule has 1 heterocycles. The van der Waals surface area contributed by atoms with Gasteiger partial charge in [0.25, 0.3) is 0 Å². The molecule has 4 heteroatoms. The quantitative estimate of drug-likeness (QED) is 0.790. The van der Waals surface area contributed by atoms with E-state index in [4.69, 9.17) is 10.2 Å². The first-order valence-electron chi connectivity index (χ1n) is 5.02. The molecule has 0 spiro atoms. The summed E-state index contributed by atoms with van der Waals surface area (Å²) in [4.78, 5) is 11.8. The first-order valence-corrected chi connectivity index (χ1v) is 5.02. The van der Waals surface area contributed by atoms with Crippen molar-refractivity contribution in [3.63, 3.8) is 0 Å². The smallest absolute Gasteiger partial charge is 0.227 e. The maximum Gasteiger partial charge on any atom is 0.227 e. The van der Waals surface area contributed by atoms with Gasteiger partial charge in [-0.1, -0.05) is 0 Å². The minimum Gasteiger partial charge on any atom is -0.467 e. The molecule has 0 saturated carbocycles. The molecular formula is C11H18N2O2. The summed E-state index contributed by atoms with van der Waals surface area (Å²) < 4.78 is 5.20. The van der Waals surface area contributed by atoms with Crippen LogP contribution >= 0.6 is 0 Å². The van der Waals surface area contributed by atoms with E-state index in [1.807, 2.05) is 26.8 Å². The summed E-state index contributed by atoms with van der Waals surface area (Å²) in [6.07, 6.45) is 1.59.